The second-order valence-corrected chi connectivity index (χ2v) is 10.0. The van der Waals surface area contributed by atoms with E-state index in [0.29, 0.717) is 41.7 Å². The molecule has 2 aliphatic carbocycles. The molecule has 3 aliphatic rings. The number of fused-ring (bicyclic) bond motifs is 2. The number of nitrogens with zero attached hydrogens (tertiary/aromatic N) is 4. The first-order valence-corrected chi connectivity index (χ1v) is 12.1. The Morgan fingerprint density at radius 1 is 1.31 bits per heavy atom. The molecule has 36 heavy (non-hydrogen) atoms. The lowest BCUT2D eigenvalue weighted by molar-refractivity contribution is -0.138. The van der Waals surface area contributed by atoms with Gasteiger partial charge in [0.15, 0.2) is 0 Å². The molecular formula is C26H28N6O4. The Morgan fingerprint density at radius 3 is 2.89 bits per heavy atom. The number of ether oxygens (including phenoxy) is 2. The summed E-state index contributed by atoms with van der Waals surface area (Å²) in [5.41, 5.74) is 8.12. The van der Waals surface area contributed by atoms with Crippen LogP contribution in [-0.4, -0.2) is 70.2 Å². The smallest absolute Gasteiger partial charge is 0.293 e. The Morgan fingerprint density at radius 2 is 2.14 bits per heavy atom. The first-order valence-electron chi connectivity index (χ1n) is 12.1. The van der Waals surface area contributed by atoms with Gasteiger partial charge in [-0.05, 0) is 42.5 Å². The molecular weight excluding hydrogens is 460 g/mol. The number of hydrogen-bond donors (Lipinski definition) is 2. The van der Waals surface area contributed by atoms with Crippen LogP contribution in [0.1, 0.15) is 18.4 Å². The van der Waals surface area contributed by atoms with Gasteiger partial charge < -0.3 is 20.5 Å². The highest BCUT2D eigenvalue weighted by atomic mass is 16.5. The number of methoxy groups -OCH3 is 1. The van der Waals surface area contributed by atoms with E-state index in [1.54, 1.807) is 31.8 Å². The number of nitrogen functional groups attached to an aromatic ring is 1. The highest BCUT2D eigenvalue weighted by Gasteiger charge is 2.75. The van der Waals surface area contributed by atoms with E-state index in [9.17, 15) is 9.59 Å². The lowest BCUT2D eigenvalue weighted by Gasteiger charge is -2.43. The van der Waals surface area contributed by atoms with Gasteiger partial charge in [-0.25, -0.2) is 9.97 Å². The third-order valence-electron chi connectivity index (χ3n) is 8.12. The van der Waals surface area contributed by atoms with Gasteiger partial charge in [-0.3, -0.25) is 19.5 Å². The molecule has 1 saturated heterocycles. The number of pyridine rings is 3. The number of rotatable bonds is 7. The van der Waals surface area contributed by atoms with E-state index >= 15 is 0 Å². The zero-order chi connectivity index (χ0) is 25.0. The largest absolute Gasteiger partial charge is 0.460 e. The molecule has 0 unspecified atom stereocenters. The predicted octanol–water partition coefficient (Wildman–Crippen LogP) is 2.17. The molecule has 186 valence electrons. The summed E-state index contributed by atoms with van der Waals surface area (Å²) in [5.74, 6) is 0.219. The van der Waals surface area contributed by atoms with Crippen LogP contribution in [0.5, 0.6) is 0 Å². The number of anilines is 2. The molecule has 6 rings (SSSR count). The van der Waals surface area contributed by atoms with Gasteiger partial charge in [0.25, 0.3) is 6.47 Å². The summed E-state index contributed by atoms with van der Waals surface area (Å²) in [4.78, 5) is 40.0. The topological polar surface area (TPSA) is 133 Å². The van der Waals surface area contributed by atoms with E-state index in [1.165, 1.54) is 0 Å². The molecule has 10 heteroatoms. The number of nitrogens with one attached hydrogen (secondary N) is 1. The first kappa shape index (κ1) is 22.8. The maximum Gasteiger partial charge on any atom is 0.293 e. The summed E-state index contributed by atoms with van der Waals surface area (Å²) in [7, 11) is 1.72. The maximum atomic E-state index is 13.2. The van der Waals surface area contributed by atoms with Crippen LogP contribution in [0.25, 0.3) is 22.0 Å². The molecule has 1 amide bonds. The Labute approximate surface area is 208 Å². The number of amides is 1. The van der Waals surface area contributed by atoms with Gasteiger partial charge in [-0.1, -0.05) is 0 Å². The summed E-state index contributed by atoms with van der Waals surface area (Å²) in [6.45, 7) is 4.22. The van der Waals surface area contributed by atoms with E-state index < -0.39 is 5.60 Å². The van der Waals surface area contributed by atoms with Crippen LogP contribution >= 0.6 is 0 Å². The lowest BCUT2D eigenvalue weighted by Crippen LogP contribution is -2.56. The van der Waals surface area contributed by atoms with E-state index in [2.05, 4.69) is 25.2 Å². The molecule has 0 radical (unpaired) electrons. The van der Waals surface area contributed by atoms with Crippen LogP contribution in [-0.2, 0) is 19.1 Å². The van der Waals surface area contributed by atoms with Crippen molar-refractivity contribution in [3.63, 3.8) is 0 Å². The number of hydrogen-bond acceptors (Lipinski definition) is 9. The van der Waals surface area contributed by atoms with Gasteiger partial charge in [-0.2, -0.15) is 0 Å². The minimum Gasteiger partial charge on any atom is -0.460 e. The van der Waals surface area contributed by atoms with Crippen LogP contribution in [0.2, 0.25) is 0 Å². The van der Waals surface area contributed by atoms with Gasteiger partial charge >= 0.3 is 0 Å². The Bertz CT molecular complexity index is 1360. The van der Waals surface area contributed by atoms with Gasteiger partial charge in [0, 0.05) is 68.1 Å². The van der Waals surface area contributed by atoms with Gasteiger partial charge in [0.1, 0.15) is 17.2 Å². The van der Waals surface area contributed by atoms with Crippen molar-refractivity contribution in [3.05, 3.63) is 42.4 Å². The molecule has 4 atom stereocenters. The lowest BCUT2D eigenvalue weighted by atomic mass is 9.99. The highest BCUT2D eigenvalue weighted by molar-refractivity contribution is 5.99. The molecule has 3 fully saturated rings. The number of aromatic nitrogens is 3. The van der Waals surface area contributed by atoms with Crippen molar-refractivity contribution in [2.75, 3.05) is 31.2 Å². The van der Waals surface area contributed by atoms with Crippen molar-refractivity contribution in [2.24, 2.45) is 11.8 Å². The first-order chi connectivity index (χ1) is 17.4. The maximum absolute atomic E-state index is 13.2. The average molecular weight is 489 g/mol. The van der Waals surface area contributed by atoms with E-state index in [0.717, 1.165) is 36.0 Å². The molecule has 3 N–H and O–H groups in total. The predicted molar refractivity (Wildman–Crippen MR) is 133 cm³/mol. The van der Waals surface area contributed by atoms with Gasteiger partial charge in [0.2, 0.25) is 5.91 Å². The number of carbonyl (C=O) groups excluding carboxylic acids is 2. The number of carbonyl (C=O) groups is 2. The average Bonchev–Trinajstić information content (AvgIpc) is 3.27. The van der Waals surface area contributed by atoms with Crippen LogP contribution in [0.15, 0.2) is 36.8 Å². The fraction of sp³-hybridized carbons (Fsp3) is 0.423. The van der Waals surface area contributed by atoms with Crippen molar-refractivity contribution < 1.29 is 19.1 Å². The molecule has 2 saturated carbocycles. The van der Waals surface area contributed by atoms with E-state index in [1.807, 2.05) is 19.1 Å². The SMILES string of the molecule is COC1CN([C@@H]2C[C@H]3[C@H](C(=O)Nc4cc5cc(-c6cnccc6C)nc(N)c5cn4)[C@@]3(OC=O)C2)C1. The zero-order valence-corrected chi connectivity index (χ0v) is 20.2. The minimum atomic E-state index is -0.731. The quantitative estimate of drug-likeness (QED) is 0.480. The second-order valence-electron chi connectivity index (χ2n) is 10.0. The van der Waals surface area contributed by atoms with Crippen molar-refractivity contribution in [3.8, 4) is 11.3 Å². The third kappa shape index (κ3) is 3.59. The van der Waals surface area contributed by atoms with Crippen molar-refractivity contribution in [1.29, 1.82) is 0 Å². The monoisotopic (exact) mass is 488 g/mol. The molecule has 0 spiro atoms. The summed E-state index contributed by atoms with van der Waals surface area (Å²) >= 11 is 0. The van der Waals surface area contributed by atoms with Crippen LogP contribution in [0.4, 0.5) is 11.6 Å². The summed E-state index contributed by atoms with van der Waals surface area (Å²) in [5, 5.41) is 4.45. The number of aryl methyl sites for hydroxylation is 1. The normalized spacial score (nSPS) is 27.3. The van der Waals surface area contributed by atoms with Crippen molar-refractivity contribution in [2.45, 2.75) is 37.5 Å². The molecule has 1 aliphatic heterocycles. The molecule has 10 nitrogen and oxygen atoms in total. The van der Waals surface area contributed by atoms with Crippen molar-refractivity contribution in [1.82, 2.24) is 19.9 Å². The fourth-order valence-electron chi connectivity index (χ4n) is 6.07. The molecule has 3 aromatic heterocycles. The van der Waals surface area contributed by atoms with Crippen LogP contribution in [0.3, 0.4) is 0 Å². The zero-order valence-electron chi connectivity index (χ0n) is 20.2. The molecule has 0 bridgehead atoms. The minimum absolute atomic E-state index is 0.00903. The number of likely N-dealkylation sites (tertiary alicyclic amines) is 1. The van der Waals surface area contributed by atoms with E-state index in [4.69, 9.17) is 15.2 Å². The van der Waals surface area contributed by atoms with Crippen molar-refractivity contribution >= 4 is 34.8 Å². The number of nitrogens with two attached hydrogens (primary N) is 1. The summed E-state index contributed by atoms with van der Waals surface area (Å²) in [6, 6.07) is 5.93. The van der Waals surface area contributed by atoms with E-state index in [-0.39, 0.29) is 23.8 Å². The third-order valence-corrected chi connectivity index (χ3v) is 8.12. The van der Waals surface area contributed by atoms with Gasteiger partial charge in [-0.15, -0.1) is 0 Å². The molecule has 4 heterocycles. The highest BCUT2D eigenvalue weighted by Crippen LogP contribution is 2.64. The molecule has 3 aromatic rings. The fourth-order valence-corrected chi connectivity index (χ4v) is 6.07. The van der Waals surface area contributed by atoms with Crippen LogP contribution < -0.4 is 11.1 Å². The summed E-state index contributed by atoms with van der Waals surface area (Å²) < 4.78 is 10.9. The Balaban J connectivity index is 1.20. The Kier molecular flexibility index (Phi) is 5.38. The Hall–Kier alpha value is -3.63. The van der Waals surface area contributed by atoms with Gasteiger partial charge in [0.05, 0.1) is 17.7 Å². The summed E-state index contributed by atoms with van der Waals surface area (Å²) in [6.07, 6.45) is 6.85. The van der Waals surface area contributed by atoms with Crippen LogP contribution in [0, 0.1) is 18.8 Å². The second kappa shape index (κ2) is 8.49. The molecule has 0 aromatic carbocycles. The standard InChI is InChI=1S/C26H28N6O4/c1-14-3-4-28-9-18(14)21-5-15-6-22(29-10-19(15)24(27)30-21)31-25(34)23-20-7-16(8-26(20,23)36-13-33)32-11-17(12-32)35-2/h3-6,9-10,13,16-17,20,23H,7-8,11-12H2,1-2H3,(H2,27,30)(H,29,31,34)/t16-,20+,23-,26-/m1/s1.